The van der Waals surface area contributed by atoms with Crippen molar-refractivity contribution in [3.8, 4) is 17.3 Å². The number of carbonyl (C=O) groups excluding carboxylic acids is 1. The summed E-state index contributed by atoms with van der Waals surface area (Å²) in [4.78, 5) is 24.5. The molecule has 8 nitrogen and oxygen atoms in total. The van der Waals surface area contributed by atoms with Gasteiger partial charge in [-0.05, 0) is 20.8 Å². The van der Waals surface area contributed by atoms with Crippen molar-refractivity contribution in [1.82, 2.24) is 30.0 Å². The SMILES string of the molecule is CC(NC(=O)c1c[nH]c2ncc(-c3cnn(C)c3)nc12)C(C)(C)C#N. The van der Waals surface area contributed by atoms with Gasteiger partial charge in [-0.2, -0.15) is 10.4 Å². The Balaban J connectivity index is 1.94. The molecule has 1 unspecified atom stereocenters. The normalized spacial score (nSPS) is 12.8. The molecule has 3 rings (SSSR count). The highest BCUT2D eigenvalue weighted by Crippen LogP contribution is 2.22. The Labute approximate surface area is 144 Å². The third kappa shape index (κ3) is 3.08. The fraction of sp³-hybridized carbons (Fsp3) is 0.353. The zero-order chi connectivity index (χ0) is 18.2. The Morgan fingerprint density at radius 3 is 2.84 bits per heavy atom. The summed E-state index contributed by atoms with van der Waals surface area (Å²) in [5, 5.41) is 16.2. The number of rotatable bonds is 4. The van der Waals surface area contributed by atoms with Crippen molar-refractivity contribution in [2.24, 2.45) is 12.5 Å². The van der Waals surface area contributed by atoms with E-state index in [1.807, 2.05) is 20.2 Å². The molecule has 128 valence electrons. The average Bonchev–Trinajstić information content (AvgIpc) is 3.20. The number of nitrogens with one attached hydrogen (secondary N) is 2. The first-order valence-electron chi connectivity index (χ1n) is 7.87. The number of hydrogen-bond donors (Lipinski definition) is 2. The van der Waals surface area contributed by atoms with Gasteiger partial charge in [-0.1, -0.05) is 0 Å². The molecule has 1 amide bonds. The van der Waals surface area contributed by atoms with Crippen molar-refractivity contribution in [2.75, 3.05) is 0 Å². The van der Waals surface area contributed by atoms with Gasteiger partial charge < -0.3 is 10.3 Å². The maximum absolute atomic E-state index is 12.6. The summed E-state index contributed by atoms with van der Waals surface area (Å²) in [5.41, 5.74) is 2.21. The fourth-order valence-electron chi connectivity index (χ4n) is 2.31. The van der Waals surface area contributed by atoms with Crippen molar-refractivity contribution >= 4 is 17.1 Å². The molecule has 0 spiro atoms. The van der Waals surface area contributed by atoms with Crippen LogP contribution in [0.1, 0.15) is 31.1 Å². The second-order valence-corrected chi connectivity index (χ2v) is 6.59. The summed E-state index contributed by atoms with van der Waals surface area (Å²) in [6.07, 6.45) is 6.75. The molecule has 3 aromatic rings. The van der Waals surface area contributed by atoms with Gasteiger partial charge >= 0.3 is 0 Å². The summed E-state index contributed by atoms with van der Waals surface area (Å²) >= 11 is 0. The van der Waals surface area contributed by atoms with Crippen molar-refractivity contribution in [3.05, 3.63) is 30.4 Å². The number of nitriles is 1. The highest BCUT2D eigenvalue weighted by Gasteiger charge is 2.28. The lowest BCUT2D eigenvalue weighted by atomic mass is 9.87. The van der Waals surface area contributed by atoms with Crippen LogP contribution in [0.2, 0.25) is 0 Å². The number of aromatic amines is 1. The van der Waals surface area contributed by atoms with Crippen LogP contribution in [0.3, 0.4) is 0 Å². The number of aryl methyl sites for hydroxylation is 1. The minimum atomic E-state index is -0.672. The van der Waals surface area contributed by atoms with Crippen molar-refractivity contribution in [2.45, 2.75) is 26.8 Å². The lowest BCUT2D eigenvalue weighted by molar-refractivity contribution is 0.0921. The van der Waals surface area contributed by atoms with Gasteiger partial charge in [0.15, 0.2) is 5.65 Å². The Hall–Kier alpha value is -3.21. The van der Waals surface area contributed by atoms with Gasteiger partial charge in [0.1, 0.15) is 5.52 Å². The van der Waals surface area contributed by atoms with Crippen LogP contribution >= 0.6 is 0 Å². The van der Waals surface area contributed by atoms with E-state index >= 15 is 0 Å². The molecule has 1 atom stereocenters. The zero-order valence-corrected chi connectivity index (χ0v) is 14.5. The van der Waals surface area contributed by atoms with Gasteiger partial charge in [-0.3, -0.25) is 9.48 Å². The number of nitrogens with zero attached hydrogens (tertiary/aromatic N) is 5. The topological polar surface area (TPSA) is 112 Å². The van der Waals surface area contributed by atoms with E-state index in [0.717, 1.165) is 5.56 Å². The van der Waals surface area contributed by atoms with E-state index in [1.54, 1.807) is 37.1 Å². The number of amides is 1. The van der Waals surface area contributed by atoms with Gasteiger partial charge in [0.05, 0.1) is 35.1 Å². The lowest BCUT2D eigenvalue weighted by Gasteiger charge is -2.25. The van der Waals surface area contributed by atoms with Gasteiger partial charge in [0.2, 0.25) is 0 Å². The van der Waals surface area contributed by atoms with Crippen LogP contribution in [-0.4, -0.2) is 36.7 Å². The number of fused-ring (bicyclic) bond motifs is 1. The maximum atomic E-state index is 12.6. The van der Waals surface area contributed by atoms with Crippen LogP contribution in [0.25, 0.3) is 22.4 Å². The summed E-state index contributed by atoms with van der Waals surface area (Å²) in [6, 6.07) is 1.89. The molecular formula is C17H19N7O. The maximum Gasteiger partial charge on any atom is 0.255 e. The molecule has 0 bridgehead atoms. The molecule has 0 aliphatic carbocycles. The van der Waals surface area contributed by atoms with Crippen LogP contribution in [0.4, 0.5) is 0 Å². The van der Waals surface area contributed by atoms with Crippen LogP contribution in [0.15, 0.2) is 24.8 Å². The molecule has 0 aromatic carbocycles. The molecule has 0 aliphatic rings. The first kappa shape index (κ1) is 16.6. The van der Waals surface area contributed by atoms with E-state index in [2.05, 4.69) is 31.4 Å². The van der Waals surface area contributed by atoms with Crippen LogP contribution < -0.4 is 5.32 Å². The fourth-order valence-corrected chi connectivity index (χ4v) is 2.31. The Kier molecular flexibility index (Phi) is 4.00. The minimum absolute atomic E-state index is 0.292. The van der Waals surface area contributed by atoms with Gasteiger partial charge in [0.25, 0.3) is 5.91 Å². The second kappa shape index (κ2) is 6.02. The van der Waals surface area contributed by atoms with Crippen molar-refractivity contribution in [3.63, 3.8) is 0 Å². The van der Waals surface area contributed by atoms with E-state index in [-0.39, 0.29) is 11.9 Å². The molecular weight excluding hydrogens is 318 g/mol. The molecule has 3 heterocycles. The van der Waals surface area contributed by atoms with E-state index < -0.39 is 5.41 Å². The van der Waals surface area contributed by atoms with Gasteiger partial charge in [-0.15, -0.1) is 0 Å². The van der Waals surface area contributed by atoms with E-state index in [0.29, 0.717) is 22.4 Å². The quantitative estimate of drug-likeness (QED) is 0.756. The summed E-state index contributed by atoms with van der Waals surface area (Å²) in [6.45, 7) is 5.38. The summed E-state index contributed by atoms with van der Waals surface area (Å²) in [5.74, 6) is -0.292. The third-order valence-electron chi connectivity index (χ3n) is 4.34. The molecule has 0 radical (unpaired) electrons. The molecule has 0 aliphatic heterocycles. The molecule has 0 saturated heterocycles. The van der Waals surface area contributed by atoms with Crippen molar-refractivity contribution < 1.29 is 4.79 Å². The predicted molar refractivity (Wildman–Crippen MR) is 92.4 cm³/mol. The predicted octanol–water partition coefficient (Wildman–Crippen LogP) is 2.03. The second-order valence-electron chi connectivity index (χ2n) is 6.59. The smallest absolute Gasteiger partial charge is 0.255 e. The Morgan fingerprint density at radius 1 is 1.44 bits per heavy atom. The van der Waals surface area contributed by atoms with E-state index in [4.69, 9.17) is 0 Å². The van der Waals surface area contributed by atoms with Crippen LogP contribution in [-0.2, 0) is 7.05 Å². The van der Waals surface area contributed by atoms with Gasteiger partial charge in [0, 0.05) is 31.0 Å². The number of aromatic nitrogens is 5. The first-order valence-corrected chi connectivity index (χ1v) is 7.87. The minimum Gasteiger partial charge on any atom is -0.348 e. The monoisotopic (exact) mass is 337 g/mol. The highest BCUT2D eigenvalue weighted by atomic mass is 16.1. The number of carbonyl (C=O) groups is 1. The summed E-state index contributed by atoms with van der Waals surface area (Å²) in [7, 11) is 1.82. The van der Waals surface area contributed by atoms with E-state index in [9.17, 15) is 10.1 Å². The standard InChI is InChI=1S/C17H19N7O/c1-10(17(2,3)9-18)22-16(25)12-6-19-15-14(12)23-13(7-20-15)11-5-21-24(4)8-11/h5-8,10H,1-4H3,(H,19,20)(H,22,25). The molecule has 8 heteroatoms. The molecule has 0 saturated carbocycles. The number of H-pyrrole nitrogens is 1. The zero-order valence-electron chi connectivity index (χ0n) is 14.5. The van der Waals surface area contributed by atoms with Crippen LogP contribution in [0.5, 0.6) is 0 Å². The first-order chi connectivity index (χ1) is 11.8. The largest absolute Gasteiger partial charge is 0.348 e. The van der Waals surface area contributed by atoms with E-state index in [1.165, 1.54) is 0 Å². The Morgan fingerprint density at radius 2 is 2.20 bits per heavy atom. The lowest BCUT2D eigenvalue weighted by Crippen LogP contribution is -2.42. The van der Waals surface area contributed by atoms with Crippen molar-refractivity contribution in [1.29, 1.82) is 5.26 Å². The summed E-state index contributed by atoms with van der Waals surface area (Å²) < 4.78 is 1.68. The molecule has 2 N–H and O–H groups in total. The molecule has 25 heavy (non-hydrogen) atoms. The average molecular weight is 337 g/mol. The number of hydrogen-bond acceptors (Lipinski definition) is 5. The third-order valence-corrected chi connectivity index (χ3v) is 4.34. The molecule has 3 aromatic heterocycles. The highest BCUT2D eigenvalue weighted by molar-refractivity contribution is 6.04. The van der Waals surface area contributed by atoms with Crippen LogP contribution in [0, 0.1) is 16.7 Å². The molecule has 0 fully saturated rings. The Bertz CT molecular complexity index is 976. The van der Waals surface area contributed by atoms with Gasteiger partial charge in [-0.25, -0.2) is 9.97 Å².